The third-order valence-electron chi connectivity index (χ3n) is 5.26. The number of nitrogens with two attached hydrogens (primary N) is 2. The number of aryl methyl sites for hydroxylation is 1. The van der Waals surface area contributed by atoms with Crippen LogP contribution in [0.2, 0.25) is 0 Å². The lowest BCUT2D eigenvalue weighted by molar-refractivity contribution is 0.655. The van der Waals surface area contributed by atoms with Crippen LogP contribution in [0.4, 0.5) is 0 Å². The highest BCUT2D eigenvalue weighted by Crippen LogP contribution is 2.13. The van der Waals surface area contributed by atoms with Crippen molar-refractivity contribution in [1.82, 2.24) is 25.2 Å². The number of allylic oxidation sites excluding steroid dienone is 1. The average Bonchev–Trinajstić information content (AvgIpc) is 3.24. The fraction of sp³-hybridized carbons (Fsp3) is 0.464. The Hall–Kier alpha value is -3.43. The molecule has 204 valence electrons. The van der Waals surface area contributed by atoms with Gasteiger partial charge in [0.25, 0.3) is 0 Å². The number of nitrogens with zero attached hydrogens (tertiary/aromatic N) is 3. The minimum absolute atomic E-state index is 0.123. The van der Waals surface area contributed by atoms with Crippen LogP contribution in [-0.2, 0) is 6.54 Å². The third kappa shape index (κ3) is 12.9. The lowest BCUT2D eigenvalue weighted by Crippen LogP contribution is -2.23. The van der Waals surface area contributed by atoms with Gasteiger partial charge in [-0.15, -0.1) is 0 Å². The number of likely N-dealkylation sites (N-methyl/N-ethyl adjacent to an activating group) is 1. The van der Waals surface area contributed by atoms with E-state index in [0.717, 1.165) is 48.4 Å². The molecule has 2 heterocycles. The third-order valence-corrected chi connectivity index (χ3v) is 5.26. The number of benzene rings is 1. The Kier molecular flexibility index (Phi) is 16.0. The molecule has 0 radical (unpaired) electrons. The predicted molar refractivity (Wildman–Crippen MR) is 157 cm³/mol. The van der Waals surface area contributed by atoms with E-state index in [1.165, 1.54) is 19.3 Å². The second-order valence-electron chi connectivity index (χ2n) is 8.63. The first-order valence-electron chi connectivity index (χ1n) is 13.1. The van der Waals surface area contributed by atoms with Gasteiger partial charge in [0.15, 0.2) is 5.96 Å². The molecule has 0 unspecified atom stereocenters. The molecule has 0 saturated carbocycles. The standard InChI is InChI=1S/C18H23N7O.C5H11N.C5H12/c1-12-9-14-11-25(18(26)24-16(14)23-12)15-5-3-13(4-6-15)10-21-7-2-8-22-17(19)20;1-3-4-5-6-2;1-3-5-4-2/h3-6,9,11,21H,2,7-8,10H2,1H3,(H4,19,20,22)(H,23,24,26);3-4,6H,5H2,1-2H3;3-5H2,1-2H3/b;4-3-;. The van der Waals surface area contributed by atoms with Crippen LogP contribution in [0, 0.1) is 6.92 Å². The van der Waals surface area contributed by atoms with Crippen LogP contribution in [0.3, 0.4) is 0 Å². The minimum atomic E-state index is -0.301. The summed E-state index contributed by atoms with van der Waals surface area (Å²) >= 11 is 0. The summed E-state index contributed by atoms with van der Waals surface area (Å²) < 4.78 is 1.56. The van der Waals surface area contributed by atoms with Crippen molar-refractivity contribution in [3.63, 3.8) is 0 Å². The van der Waals surface area contributed by atoms with Crippen LogP contribution in [0.15, 0.2) is 58.5 Å². The van der Waals surface area contributed by atoms with E-state index in [1.54, 1.807) is 4.57 Å². The normalized spacial score (nSPS) is 10.5. The largest absolute Gasteiger partial charge is 0.370 e. The van der Waals surface area contributed by atoms with E-state index in [4.69, 9.17) is 11.5 Å². The number of H-pyrrole nitrogens is 1. The van der Waals surface area contributed by atoms with E-state index in [9.17, 15) is 4.79 Å². The number of aliphatic imine (C=N–C) groups is 1. The first-order valence-corrected chi connectivity index (χ1v) is 13.1. The quantitative estimate of drug-likeness (QED) is 0.115. The number of rotatable bonds is 11. The van der Waals surface area contributed by atoms with Gasteiger partial charge < -0.3 is 27.1 Å². The van der Waals surface area contributed by atoms with Crippen molar-refractivity contribution >= 4 is 17.0 Å². The maximum Gasteiger partial charge on any atom is 0.354 e. The van der Waals surface area contributed by atoms with E-state index in [1.807, 2.05) is 63.5 Å². The summed E-state index contributed by atoms with van der Waals surface area (Å²) in [6.45, 7) is 11.5. The van der Waals surface area contributed by atoms with E-state index in [0.29, 0.717) is 12.2 Å². The molecule has 3 aromatic rings. The Labute approximate surface area is 221 Å². The summed E-state index contributed by atoms with van der Waals surface area (Å²) in [5, 5.41) is 7.23. The second kappa shape index (κ2) is 18.8. The van der Waals surface area contributed by atoms with Gasteiger partial charge in [-0.05, 0) is 57.6 Å². The first-order chi connectivity index (χ1) is 17.9. The van der Waals surface area contributed by atoms with Gasteiger partial charge in [0.1, 0.15) is 5.65 Å². The first kappa shape index (κ1) is 31.6. The van der Waals surface area contributed by atoms with Crippen LogP contribution >= 0.6 is 0 Å². The van der Waals surface area contributed by atoms with Crippen molar-refractivity contribution in [2.24, 2.45) is 16.5 Å². The Bertz CT molecular complexity index is 1120. The van der Waals surface area contributed by atoms with Crippen LogP contribution in [0.25, 0.3) is 16.7 Å². The number of aromatic amines is 1. The molecule has 7 N–H and O–H groups in total. The molecule has 9 heteroatoms. The Morgan fingerprint density at radius 1 is 1.16 bits per heavy atom. The number of nitrogens with one attached hydrogen (secondary N) is 3. The molecule has 1 aromatic carbocycles. The van der Waals surface area contributed by atoms with Gasteiger partial charge in [-0.25, -0.2) is 4.79 Å². The maximum atomic E-state index is 12.2. The summed E-state index contributed by atoms with van der Waals surface area (Å²) in [6, 6.07) is 9.81. The summed E-state index contributed by atoms with van der Waals surface area (Å²) in [6.07, 6.45) is 10.8. The van der Waals surface area contributed by atoms with Gasteiger partial charge in [0.2, 0.25) is 0 Å². The summed E-state index contributed by atoms with van der Waals surface area (Å²) in [5.74, 6) is 0.123. The van der Waals surface area contributed by atoms with Crippen molar-refractivity contribution in [2.75, 3.05) is 26.7 Å². The molecule has 0 amide bonds. The number of aromatic nitrogens is 3. The smallest absolute Gasteiger partial charge is 0.354 e. The number of fused-ring (bicyclic) bond motifs is 1. The molecule has 37 heavy (non-hydrogen) atoms. The average molecular weight is 511 g/mol. The van der Waals surface area contributed by atoms with E-state index in [-0.39, 0.29) is 11.6 Å². The van der Waals surface area contributed by atoms with Crippen molar-refractivity contribution < 1.29 is 0 Å². The molecule has 0 aliphatic rings. The zero-order valence-electron chi connectivity index (χ0n) is 23.2. The predicted octanol–water partition coefficient (Wildman–Crippen LogP) is 3.75. The number of hydrogen-bond donors (Lipinski definition) is 5. The highest BCUT2D eigenvalue weighted by Gasteiger charge is 2.06. The molecule has 3 rings (SSSR count). The molecule has 0 saturated heterocycles. The van der Waals surface area contributed by atoms with Crippen molar-refractivity contribution in [3.8, 4) is 5.69 Å². The second-order valence-corrected chi connectivity index (χ2v) is 8.63. The Morgan fingerprint density at radius 2 is 1.86 bits per heavy atom. The highest BCUT2D eigenvalue weighted by molar-refractivity contribution is 5.76. The summed E-state index contributed by atoms with van der Waals surface area (Å²) in [4.78, 5) is 23.3. The van der Waals surface area contributed by atoms with E-state index < -0.39 is 0 Å². The molecule has 2 aromatic heterocycles. The van der Waals surface area contributed by atoms with Gasteiger partial charge in [-0.1, -0.05) is 57.4 Å². The van der Waals surface area contributed by atoms with E-state index >= 15 is 0 Å². The van der Waals surface area contributed by atoms with Crippen LogP contribution < -0.4 is 27.8 Å². The molecule has 0 spiro atoms. The van der Waals surface area contributed by atoms with Gasteiger partial charge in [-0.2, -0.15) is 4.98 Å². The summed E-state index contributed by atoms with van der Waals surface area (Å²) in [7, 11) is 1.93. The Balaban J connectivity index is 0.000000524. The van der Waals surface area contributed by atoms with Gasteiger partial charge in [0, 0.05) is 36.9 Å². The SMILES string of the molecule is C/C=C\CNC.CCCCC.Cc1cc2cn(-c3ccc(CNCCCN=C(N)N)cc3)c(=O)nc2[nH]1. The number of hydrogen-bond acceptors (Lipinski definition) is 5. The van der Waals surface area contributed by atoms with Crippen LogP contribution in [0.5, 0.6) is 0 Å². The molecule has 9 nitrogen and oxygen atoms in total. The van der Waals surface area contributed by atoms with Gasteiger partial charge in [0.05, 0.1) is 5.69 Å². The molecular formula is C28H46N8O. The highest BCUT2D eigenvalue weighted by atomic mass is 16.1. The van der Waals surface area contributed by atoms with Crippen LogP contribution in [-0.4, -0.2) is 47.2 Å². The van der Waals surface area contributed by atoms with Gasteiger partial charge in [-0.3, -0.25) is 9.56 Å². The molecule has 0 atom stereocenters. The number of unbranched alkanes of at least 4 members (excludes halogenated alkanes) is 2. The van der Waals surface area contributed by atoms with Crippen molar-refractivity contribution in [3.05, 3.63) is 70.4 Å². The molecule has 0 aliphatic heterocycles. The van der Waals surface area contributed by atoms with Crippen molar-refractivity contribution in [2.45, 2.75) is 59.9 Å². The lowest BCUT2D eigenvalue weighted by Gasteiger charge is -2.08. The molecular weight excluding hydrogens is 464 g/mol. The lowest BCUT2D eigenvalue weighted by atomic mass is 10.2. The zero-order valence-corrected chi connectivity index (χ0v) is 23.2. The fourth-order valence-electron chi connectivity index (χ4n) is 3.32. The molecule has 0 aliphatic carbocycles. The van der Waals surface area contributed by atoms with E-state index in [2.05, 4.69) is 45.5 Å². The summed E-state index contributed by atoms with van der Waals surface area (Å²) in [5.41, 5.74) is 13.8. The fourth-order valence-corrected chi connectivity index (χ4v) is 3.32. The van der Waals surface area contributed by atoms with Gasteiger partial charge >= 0.3 is 5.69 Å². The minimum Gasteiger partial charge on any atom is -0.370 e. The number of guanidine groups is 1. The zero-order chi connectivity index (χ0) is 27.5. The van der Waals surface area contributed by atoms with Crippen molar-refractivity contribution in [1.29, 1.82) is 0 Å². The maximum absolute atomic E-state index is 12.2. The van der Waals surface area contributed by atoms with Crippen LogP contribution in [0.1, 0.15) is 57.7 Å². The topological polar surface area (TPSA) is 139 Å². The molecule has 0 fully saturated rings. The molecule has 0 bridgehead atoms. The Morgan fingerprint density at radius 3 is 2.41 bits per heavy atom. The monoisotopic (exact) mass is 510 g/mol.